The Morgan fingerprint density at radius 1 is 1.15 bits per heavy atom. The molecule has 0 aromatic heterocycles. The van der Waals surface area contributed by atoms with E-state index in [9.17, 15) is 14.0 Å². The molecule has 0 saturated heterocycles. The summed E-state index contributed by atoms with van der Waals surface area (Å²) in [5, 5.41) is 8.60. The molecule has 0 radical (unpaired) electrons. The maximum atomic E-state index is 13.6. The van der Waals surface area contributed by atoms with E-state index in [-0.39, 0.29) is 41.3 Å². The van der Waals surface area contributed by atoms with Gasteiger partial charge in [-0.25, -0.2) is 4.39 Å². The Morgan fingerprint density at radius 3 is 2.59 bits per heavy atom. The van der Waals surface area contributed by atoms with Crippen LogP contribution in [0.25, 0.3) is 0 Å². The average molecular weight is 414 g/mol. The Hall–Kier alpha value is -2.15. The van der Waals surface area contributed by atoms with Crippen LogP contribution in [0.5, 0.6) is 0 Å². The van der Waals surface area contributed by atoms with Crippen molar-refractivity contribution in [3.63, 3.8) is 0 Å². The minimum absolute atomic E-state index is 0. The van der Waals surface area contributed by atoms with Gasteiger partial charge in [0.15, 0.2) is 0 Å². The number of carbonyl (C=O) groups is 2. The fourth-order valence-electron chi connectivity index (χ4n) is 2.34. The molecule has 0 fully saturated rings. The summed E-state index contributed by atoms with van der Waals surface area (Å²) in [5.41, 5.74) is 1.09. The molecule has 0 aliphatic rings. The molecule has 0 bridgehead atoms. The molecule has 0 heterocycles. The van der Waals surface area contributed by atoms with Crippen LogP contribution in [0.1, 0.15) is 28.8 Å². The third-order valence-electron chi connectivity index (χ3n) is 3.72. The van der Waals surface area contributed by atoms with Gasteiger partial charge in [0.1, 0.15) is 5.82 Å². The van der Waals surface area contributed by atoms with Gasteiger partial charge in [-0.3, -0.25) is 9.59 Å². The van der Waals surface area contributed by atoms with Gasteiger partial charge in [-0.1, -0.05) is 29.8 Å². The van der Waals surface area contributed by atoms with Gasteiger partial charge in [-0.2, -0.15) is 0 Å². The molecule has 2 amide bonds. The predicted octanol–water partition coefficient (Wildman–Crippen LogP) is 3.77. The minimum Gasteiger partial charge on any atom is -0.348 e. The van der Waals surface area contributed by atoms with Gasteiger partial charge in [-0.05, 0) is 44.3 Å². The second-order valence-corrected chi connectivity index (χ2v) is 6.13. The van der Waals surface area contributed by atoms with Gasteiger partial charge in [0.05, 0.1) is 10.6 Å². The summed E-state index contributed by atoms with van der Waals surface area (Å²) in [4.78, 5) is 24.2. The zero-order valence-corrected chi connectivity index (χ0v) is 16.4. The number of anilines is 1. The van der Waals surface area contributed by atoms with Crippen LogP contribution < -0.4 is 16.0 Å². The zero-order chi connectivity index (χ0) is 18.9. The molecule has 8 heteroatoms. The van der Waals surface area contributed by atoms with Gasteiger partial charge in [0, 0.05) is 24.2 Å². The molecular formula is C19H22Cl2FN3O2. The van der Waals surface area contributed by atoms with Crippen molar-refractivity contribution in [1.29, 1.82) is 0 Å². The molecular weight excluding hydrogens is 392 g/mol. The molecule has 0 aliphatic carbocycles. The molecule has 5 nitrogen and oxygen atoms in total. The van der Waals surface area contributed by atoms with Crippen molar-refractivity contribution in [2.75, 3.05) is 18.9 Å². The van der Waals surface area contributed by atoms with Gasteiger partial charge < -0.3 is 16.0 Å². The lowest BCUT2D eigenvalue weighted by molar-refractivity contribution is -0.116. The highest BCUT2D eigenvalue weighted by atomic mass is 35.5. The number of nitrogens with one attached hydrogen (secondary N) is 3. The number of carbonyl (C=O) groups excluding carboxylic acids is 2. The maximum absolute atomic E-state index is 13.6. The van der Waals surface area contributed by atoms with Crippen molar-refractivity contribution < 1.29 is 14.0 Å². The van der Waals surface area contributed by atoms with E-state index >= 15 is 0 Å². The highest BCUT2D eigenvalue weighted by molar-refractivity contribution is 6.34. The second-order valence-electron chi connectivity index (χ2n) is 5.72. The van der Waals surface area contributed by atoms with Crippen molar-refractivity contribution >= 4 is 41.5 Å². The highest BCUT2D eigenvalue weighted by Gasteiger charge is 2.13. The van der Waals surface area contributed by atoms with Crippen LogP contribution in [0, 0.1) is 5.82 Å². The van der Waals surface area contributed by atoms with Crippen molar-refractivity contribution in [2.24, 2.45) is 0 Å². The maximum Gasteiger partial charge on any atom is 0.253 e. The molecule has 0 aliphatic heterocycles. The lowest BCUT2D eigenvalue weighted by Crippen LogP contribution is -2.24. The van der Waals surface area contributed by atoms with E-state index in [1.165, 1.54) is 12.1 Å². The summed E-state index contributed by atoms with van der Waals surface area (Å²) < 4.78 is 13.6. The Labute approximate surface area is 169 Å². The lowest BCUT2D eigenvalue weighted by Gasteiger charge is -2.10. The molecule has 0 atom stereocenters. The summed E-state index contributed by atoms with van der Waals surface area (Å²) in [7, 11) is 1.82. The molecule has 0 saturated carbocycles. The van der Waals surface area contributed by atoms with Crippen molar-refractivity contribution in [3.8, 4) is 0 Å². The molecule has 2 rings (SSSR count). The molecule has 2 aromatic rings. The van der Waals surface area contributed by atoms with Crippen molar-refractivity contribution in [3.05, 3.63) is 64.4 Å². The first-order valence-corrected chi connectivity index (χ1v) is 8.64. The standard InChI is InChI=1S/C19H21ClFN3O2.ClH/c1-22-10-4-7-18(25)24-14-8-9-16(20)15(11-14)19(26)23-12-13-5-2-3-6-17(13)21;/h2-3,5-6,8-9,11,22H,4,7,10,12H2,1H3,(H,23,26)(H,24,25);1H. The molecule has 27 heavy (non-hydrogen) atoms. The molecule has 146 valence electrons. The normalized spacial score (nSPS) is 10.0. The molecule has 2 aromatic carbocycles. The fourth-order valence-corrected chi connectivity index (χ4v) is 2.54. The predicted molar refractivity (Wildman–Crippen MR) is 108 cm³/mol. The zero-order valence-electron chi connectivity index (χ0n) is 14.9. The summed E-state index contributed by atoms with van der Waals surface area (Å²) in [6.45, 7) is 0.792. The topological polar surface area (TPSA) is 70.2 Å². The summed E-state index contributed by atoms with van der Waals surface area (Å²) in [5.74, 6) is -0.966. The van der Waals surface area contributed by atoms with E-state index in [2.05, 4.69) is 16.0 Å². The summed E-state index contributed by atoms with van der Waals surface area (Å²) in [6, 6.07) is 10.9. The summed E-state index contributed by atoms with van der Waals surface area (Å²) >= 11 is 6.09. The van der Waals surface area contributed by atoms with E-state index in [1.54, 1.807) is 30.3 Å². The number of amides is 2. The first kappa shape index (κ1) is 22.9. The largest absolute Gasteiger partial charge is 0.348 e. The van der Waals surface area contributed by atoms with Crippen LogP contribution in [0.3, 0.4) is 0 Å². The third kappa shape index (κ3) is 7.17. The van der Waals surface area contributed by atoms with Gasteiger partial charge in [-0.15, -0.1) is 12.4 Å². The first-order valence-electron chi connectivity index (χ1n) is 8.27. The van der Waals surface area contributed by atoms with Gasteiger partial charge in [0.25, 0.3) is 5.91 Å². The minimum atomic E-state index is -0.440. The SMILES string of the molecule is CNCCCC(=O)Nc1ccc(Cl)c(C(=O)NCc2ccccc2F)c1.Cl. The van der Waals surface area contributed by atoms with Gasteiger partial charge >= 0.3 is 0 Å². The molecule has 0 unspecified atom stereocenters. The quantitative estimate of drug-likeness (QED) is 0.576. The number of rotatable bonds is 8. The average Bonchev–Trinajstić information content (AvgIpc) is 2.62. The third-order valence-corrected chi connectivity index (χ3v) is 4.05. The second kappa shape index (κ2) is 11.5. The highest BCUT2D eigenvalue weighted by Crippen LogP contribution is 2.21. The number of benzene rings is 2. The monoisotopic (exact) mass is 413 g/mol. The van der Waals surface area contributed by atoms with E-state index in [0.717, 1.165) is 6.54 Å². The Kier molecular flexibility index (Phi) is 9.78. The van der Waals surface area contributed by atoms with Crippen molar-refractivity contribution in [1.82, 2.24) is 10.6 Å². The van der Waals surface area contributed by atoms with Crippen molar-refractivity contribution in [2.45, 2.75) is 19.4 Å². The van der Waals surface area contributed by atoms with Crippen LogP contribution in [0.15, 0.2) is 42.5 Å². The smallest absolute Gasteiger partial charge is 0.253 e. The fraction of sp³-hybridized carbons (Fsp3) is 0.263. The van der Waals surface area contributed by atoms with Crippen LogP contribution in [0.2, 0.25) is 5.02 Å². The van der Waals surface area contributed by atoms with Crippen LogP contribution in [-0.2, 0) is 11.3 Å². The van der Waals surface area contributed by atoms with E-state index in [4.69, 9.17) is 11.6 Å². The number of hydrogen-bond acceptors (Lipinski definition) is 3. The Morgan fingerprint density at radius 2 is 1.89 bits per heavy atom. The molecule has 0 spiro atoms. The van der Waals surface area contributed by atoms with E-state index in [1.807, 2.05) is 7.05 Å². The summed E-state index contributed by atoms with van der Waals surface area (Å²) in [6.07, 6.45) is 1.09. The molecule has 3 N–H and O–H groups in total. The van der Waals surface area contributed by atoms with Gasteiger partial charge in [0.2, 0.25) is 5.91 Å². The number of halogens is 3. The van der Waals surface area contributed by atoms with E-state index < -0.39 is 5.91 Å². The van der Waals surface area contributed by atoms with E-state index in [0.29, 0.717) is 24.1 Å². The van der Waals surface area contributed by atoms with Crippen LogP contribution in [0.4, 0.5) is 10.1 Å². The Balaban J connectivity index is 0.00000364. The van der Waals surface area contributed by atoms with Crippen LogP contribution >= 0.6 is 24.0 Å². The first-order chi connectivity index (χ1) is 12.5. The number of hydrogen-bond donors (Lipinski definition) is 3. The Bertz CT molecular complexity index is 787. The lowest BCUT2D eigenvalue weighted by atomic mass is 10.1. The van der Waals surface area contributed by atoms with Crippen LogP contribution in [-0.4, -0.2) is 25.4 Å².